The lowest BCUT2D eigenvalue weighted by Gasteiger charge is -2.17. The second kappa shape index (κ2) is 6.17. The molecule has 110 valence electrons. The van der Waals surface area contributed by atoms with E-state index in [9.17, 15) is 18.9 Å². The zero-order valence-electron chi connectivity index (χ0n) is 10.9. The van der Waals surface area contributed by atoms with Crippen LogP contribution in [-0.2, 0) is 0 Å². The van der Waals surface area contributed by atoms with Crippen LogP contribution in [0.3, 0.4) is 0 Å². The molecule has 0 bridgehead atoms. The van der Waals surface area contributed by atoms with E-state index in [0.717, 1.165) is 6.07 Å². The van der Waals surface area contributed by atoms with E-state index in [4.69, 9.17) is 0 Å². The number of halogens is 3. The van der Waals surface area contributed by atoms with Gasteiger partial charge in [-0.3, -0.25) is 10.1 Å². The Morgan fingerprint density at radius 2 is 1.95 bits per heavy atom. The first kappa shape index (κ1) is 15.4. The first-order valence-corrected chi connectivity index (χ1v) is 6.83. The van der Waals surface area contributed by atoms with Crippen molar-refractivity contribution >= 4 is 27.3 Å². The molecule has 0 fully saturated rings. The van der Waals surface area contributed by atoms with Crippen LogP contribution in [0.4, 0.5) is 20.2 Å². The summed E-state index contributed by atoms with van der Waals surface area (Å²) in [5.74, 6) is -1.28. The molecule has 21 heavy (non-hydrogen) atoms. The molecule has 2 rings (SSSR count). The Hall–Kier alpha value is -2.02. The third-order valence-corrected chi connectivity index (χ3v) is 3.62. The quantitative estimate of drug-likeness (QED) is 0.631. The molecule has 0 aliphatic rings. The maximum absolute atomic E-state index is 13.7. The number of hydrogen-bond donors (Lipinski definition) is 1. The number of benzene rings is 2. The number of nitrogens with zero attached hydrogens (tertiary/aromatic N) is 1. The van der Waals surface area contributed by atoms with Crippen LogP contribution in [0.25, 0.3) is 0 Å². The van der Waals surface area contributed by atoms with E-state index in [1.807, 2.05) is 0 Å². The summed E-state index contributed by atoms with van der Waals surface area (Å²) in [6.07, 6.45) is 0. The second-order valence-corrected chi connectivity index (χ2v) is 5.31. The molecule has 2 aromatic carbocycles. The number of nitrogens with one attached hydrogen (secondary N) is 1. The molecule has 4 nitrogen and oxygen atoms in total. The van der Waals surface area contributed by atoms with E-state index in [1.54, 1.807) is 6.92 Å². The van der Waals surface area contributed by atoms with Crippen LogP contribution >= 0.6 is 15.9 Å². The minimum Gasteiger partial charge on any atom is -0.377 e. The van der Waals surface area contributed by atoms with Crippen molar-refractivity contribution in [3.05, 3.63) is 68.2 Å². The van der Waals surface area contributed by atoms with Crippen LogP contribution in [-0.4, -0.2) is 4.92 Å². The predicted molar refractivity (Wildman–Crippen MR) is 79.2 cm³/mol. The highest BCUT2D eigenvalue weighted by atomic mass is 79.9. The number of anilines is 1. The van der Waals surface area contributed by atoms with E-state index in [0.29, 0.717) is 15.7 Å². The molecule has 0 aliphatic carbocycles. The van der Waals surface area contributed by atoms with Crippen LogP contribution in [0.5, 0.6) is 0 Å². The van der Waals surface area contributed by atoms with Crippen molar-refractivity contribution in [2.75, 3.05) is 5.32 Å². The number of non-ortho nitro benzene ring substituents is 1. The highest BCUT2D eigenvalue weighted by molar-refractivity contribution is 9.10. The Balaban J connectivity index is 2.23. The fourth-order valence-electron chi connectivity index (χ4n) is 1.90. The molecule has 0 saturated heterocycles. The second-order valence-electron chi connectivity index (χ2n) is 4.45. The molecular formula is C14H11BrF2N2O2. The lowest BCUT2D eigenvalue weighted by molar-refractivity contribution is -0.384. The van der Waals surface area contributed by atoms with Gasteiger partial charge in [-0.05, 0) is 35.0 Å². The lowest BCUT2D eigenvalue weighted by Crippen LogP contribution is -2.09. The Morgan fingerprint density at radius 3 is 2.52 bits per heavy atom. The molecule has 0 spiro atoms. The molecular weight excluding hydrogens is 346 g/mol. The fraction of sp³-hybridized carbons (Fsp3) is 0.143. The molecule has 0 aliphatic heterocycles. The number of nitro benzene ring substituents is 1. The summed E-state index contributed by atoms with van der Waals surface area (Å²) < 4.78 is 27.1. The van der Waals surface area contributed by atoms with E-state index in [2.05, 4.69) is 21.2 Å². The van der Waals surface area contributed by atoms with Gasteiger partial charge in [-0.1, -0.05) is 6.07 Å². The molecule has 2 aromatic rings. The maximum Gasteiger partial charge on any atom is 0.270 e. The average Bonchev–Trinajstić information content (AvgIpc) is 2.40. The Labute approximate surface area is 128 Å². The topological polar surface area (TPSA) is 55.2 Å². The Kier molecular flexibility index (Phi) is 4.52. The van der Waals surface area contributed by atoms with Crippen molar-refractivity contribution in [1.82, 2.24) is 0 Å². The summed E-state index contributed by atoms with van der Waals surface area (Å²) in [6.45, 7) is 1.71. The SMILES string of the molecule is CC(Nc1ccc([N+](=O)[O-])cc1Br)c1ccc(F)cc1F. The Morgan fingerprint density at radius 1 is 1.24 bits per heavy atom. The molecule has 0 heterocycles. The van der Waals surface area contributed by atoms with Gasteiger partial charge in [0.1, 0.15) is 11.6 Å². The molecule has 0 saturated carbocycles. The maximum atomic E-state index is 13.7. The molecule has 7 heteroatoms. The van der Waals surface area contributed by atoms with Gasteiger partial charge in [0, 0.05) is 33.9 Å². The van der Waals surface area contributed by atoms with Gasteiger partial charge in [0.25, 0.3) is 5.69 Å². The van der Waals surface area contributed by atoms with E-state index >= 15 is 0 Å². The van der Waals surface area contributed by atoms with Gasteiger partial charge in [-0.25, -0.2) is 8.78 Å². The molecule has 0 amide bonds. The third kappa shape index (κ3) is 3.55. The zero-order chi connectivity index (χ0) is 15.6. The van der Waals surface area contributed by atoms with Crippen LogP contribution in [0.15, 0.2) is 40.9 Å². The van der Waals surface area contributed by atoms with Gasteiger partial charge < -0.3 is 5.32 Å². The van der Waals surface area contributed by atoms with Crippen molar-refractivity contribution in [2.24, 2.45) is 0 Å². The smallest absolute Gasteiger partial charge is 0.270 e. The van der Waals surface area contributed by atoms with Crippen molar-refractivity contribution in [3.8, 4) is 0 Å². The third-order valence-electron chi connectivity index (χ3n) is 2.96. The number of hydrogen-bond acceptors (Lipinski definition) is 3. The summed E-state index contributed by atoms with van der Waals surface area (Å²) in [5.41, 5.74) is 0.839. The minimum atomic E-state index is -0.645. The first-order valence-electron chi connectivity index (χ1n) is 6.04. The van der Waals surface area contributed by atoms with Crippen LogP contribution in [0.1, 0.15) is 18.5 Å². The van der Waals surface area contributed by atoms with E-state index < -0.39 is 22.6 Å². The fourth-order valence-corrected chi connectivity index (χ4v) is 2.38. The number of nitro groups is 1. The van der Waals surface area contributed by atoms with E-state index in [-0.39, 0.29) is 5.69 Å². The predicted octanol–water partition coefficient (Wildman–Crippen LogP) is 4.81. The summed E-state index contributed by atoms with van der Waals surface area (Å²) in [5, 5.41) is 13.7. The van der Waals surface area contributed by atoms with Crippen molar-refractivity contribution < 1.29 is 13.7 Å². The van der Waals surface area contributed by atoms with Crippen LogP contribution < -0.4 is 5.32 Å². The van der Waals surface area contributed by atoms with Crippen LogP contribution in [0.2, 0.25) is 0 Å². The lowest BCUT2D eigenvalue weighted by atomic mass is 10.1. The summed E-state index contributed by atoms with van der Waals surface area (Å²) in [7, 11) is 0. The van der Waals surface area contributed by atoms with Crippen molar-refractivity contribution in [3.63, 3.8) is 0 Å². The van der Waals surface area contributed by atoms with Gasteiger partial charge in [-0.15, -0.1) is 0 Å². The highest BCUT2D eigenvalue weighted by Crippen LogP contribution is 2.30. The standard InChI is InChI=1S/C14H11BrF2N2O2/c1-8(11-4-2-9(16)6-13(11)17)18-14-5-3-10(19(20)21)7-12(14)15/h2-8,18H,1H3. The molecule has 1 atom stereocenters. The first-order chi connectivity index (χ1) is 9.88. The molecule has 0 radical (unpaired) electrons. The Bertz CT molecular complexity index is 695. The van der Waals surface area contributed by atoms with Gasteiger partial charge in [0.05, 0.1) is 11.0 Å². The largest absolute Gasteiger partial charge is 0.377 e. The van der Waals surface area contributed by atoms with Gasteiger partial charge in [-0.2, -0.15) is 0 Å². The zero-order valence-corrected chi connectivity index (χ0v) is 12.5. The average molecular weight is 357 g/mol. The van der Waals surface area contributed by atoms with Crippen LogP contribution in [0, 0.1) is 21.7 Å². The summed E-state index contributed by atoms with van der Waals surface area (Å²) in [4.78, 5) is 10.2. The monoisotopic (exact) mass is 356 g/mol. The van der Waals surface area contributed by atoms with Gasteiger partial charge >= 0.3 is 0 Å². The normalized spacial score (nSPS) is 12.0. The molecule has 1 unspecified atom stereocenters. The summed E-state index contributed by atoms with van der Waals surface area (Å²) in [6, 6.07) is 7.17. The highest BCUT2D eigenvalue weighted by Gasteiger charge is 2.14. The van der Waals surface area contributed by atoms with E-state index in [1.165, 1.54) is 30.3 Å². The van der Waals surface area contributed by atoms with Crippen molar-refractivity contribution in [1.29, 1.82) is 0 Å². The summed E-state index contributed by atoms with van der Waals surface area (Å²) >= 11 is 3.23. The van der Waals surface area contributed by atoms with Gasteiger partial charge in [0.15, 0.2) is 0 Å². The minimum absolute atomic E-state index is 0.0481. The van der Waals surface area contributed by atoms with Gasteiger partial charge in [0.2, 0.25) is 0 Å². The molecule has 0 aromatic heterocycles. The molecule has 1 N–H and O–H groups in total. The number of rotatable bonds is 4. The van der Waals surface area contributed by atoms with Crippen molar-refractivity contribution in [2.45, 2.75) is 13.0 Å².